The lowest BCUT2D eigenvalue weighted by Gasteiger charge is -2.32. The molecule has 0 unspecified atom stereocenters. The lowest BCUT2D eigenvalue weighted by molar-refractivity contribution is -0.125. The zero-order valence-corrected chi connectivity index (χ0v) is 19.9. The molecule has 0 saturated carbocycles. The molecule has 1 N–H and O–H groups in total. The zero-order chi connectivity index (χ0) is 23.5. The van der Waals surface area contributed by atoms with Crippen LogP contribution in [0.4, 0.5) is 5.82 Å². The topological polar surface area (TPSA) is 62.5 Å². The molecule has 0 aliphatic carbocycles. The third kappa shape index (κ3) is 4.67. The van der Waals surface area contributed by atoms with Gasteiger partial charge in [0.15, 0.2) is 5.82 Å². The highest BCUT2D eigenvalue weighted by atomic mass is 16.1. The van der Waals surface area contributed by atoms with Crippen LogP contribution in [0.2, 0.25) is 0 Å². The van der Waals surface area contributed by atoms with E-state index in [0.29, 0.717) is 6.54 Å². The average Bonchev–Trinajstić information content (AvgIpc) is 3.31. The molecule has 1 fully saturated rings. The predicted molar refractivity (Wildman–Crippen MR) is 136 cm³/mol. The Kier molecular flexibility index (Phi) is 6.30. The Balaban J connectivity index is 1.23. The number of benzene rings is 2. The number of hydrogen-bond donors (Lipinski definition) is 1. The monoisotopic (exact) mass is 453 g/mol. The summed E-state index contributed by atoms with van der Waals surface area (Å²) >= 11 is 0. The minimum atomic E-state index is 0.0581. The van der Waals surface area contributed by atoms with Gasteiger partial charge in [-0.2, -0.15) is 5.10 Å². The summed E-state index contributed by atoms with van der Waals surface area (Å²) in [7, 11) is 0. The van der Waals surface area contributed by atoms with Crippen molar-refractivity contribution in [3.8, 4) is 11.3 Å². The van der Waals surface area contributed by atoms with Crippen molar-refractivity contribution in [2.24, 2.45) is 5.92 Å². The summed E-state index contributed by atoms with van der Waals surface area (Å²) in [6, 6.07) is 18.8. The third-order valence-electron chi connectivity index (χ3n) is 6.89. The Morgan fingerprint density at radius 1 is 1.03 bits per heavy atom. The van der Waals surface area contributed by atoms with Gasteiger partial charge in [-0.1, -0.05) is 42.5 Å². The molecule has 0 radical (unpaired) electrons. The minimum Gasteiger partial charge on any atom is -0.356 e. The fourth-order valence-electron chi connectivity index (χ4n) is 4.67. The summed E-state index contributed by atoms with van der Waals surface area (Å²) in [5.41, 5.74) is 6.85. The van der Waals surface area contributed by atoms with Gasteiger partial charge in [-0.25, -0.2) is 9.50 Å². The van der Waals surface area contributed by atoms with Gasteiger partial charge in [-0.05, 0) is 61.9 Å². The van der Waals surface area contributed by atoms with Crippen molar-refractivity contribution in [2.75, 3.05) is 24.5 Å². The van der Waals surface area contributed by atoms with E-state index in [1.165, 1.54) is 16.7 Å². The number of hydrogen-bond acceptors (Lipinski definition) is 4. The summed E-state index contributed by atoms with van der Waals surface area (Å²) in [5, 5.41) is 7.92. The van der Waals surface area contributed by atoms with Crippen molar-refractivity contribution >= 4 is 17.2 Å². The molecule has 174 valence electrons. The fraction of sp³-hybridized carbons (Fsp3) is 0.321. The molecule has 4 aromatic rings. The summed E-state index contributed by atoms with van der Waals surface area (Å²) in [4.78, 5) is 19.7. The Labute approximate surface area is 200 Å². The number of rotatable bonds is 6. The van der Waals surface area contributed by atoms with Crippen LogP contribution in [0.1, 0.15) is 29.5 Å². The molecule has 6 nitrogen and oxygen atoms in total. The predicted octanol–water partition coefficient (Wildman–Crippen LogP) is 4.59. The number of anilines is 1. The molecular weight excluding hydrogens is 422 g/mol. The van der Waals surface area contributed by atoms with Crippen LogP contribution in [0, 0.1) is 19.8 Å². The van der Waals surface area contributed by atoms with Crippen LogP contribution in [-0.4, -0.2) is 40.1 Å². The normalized spacial score (nSPS) is 14.5. The minimum absolute atomic E-state index is 0.0581. The molecule has 0 bridgehead atoms. The number of nitrogens with one attached hydrogen (secondary N) is 1. The molecule has 6 heteroatoms. The highest BCUT2D eigenvalue weighted by molar-refractivity contribution is 5.79. The SMILES string of the molecule is Cc1ccc(-c2cc3c(N4CCC(C(=O)NCCc5ccccc5)CC4)nccn3n2)cc1C. The van der Waals surface area contributed by atoms with Crippen LogP contribution in [0.5, 0.6) is 0 Å². The van der Waals surface area contributed by atoms with Crippen LogP contribution in [0.3, 0.4) is 0 Å². The summed E-state index contributed by atoms with van der Waals surface area (Å²) < 4.78 is 1.91. The van der Waals surface area contributed by atoms with Crippen molar-refractivity contribution in [1.82, 2.24) is 19.9 Å². The van der Waals surface area contributed by atoms with Crippen molar-refractivity contribution < 1.29 is 4.79 Å². The van der Waals surface area contributed by atoms with E-state index in [1.54, 1.807) is 0 Å². The zero-order valence-electron chi connectivity index (χ0n) is 19.9. The van der Waals surface area contributed by atoms with E-state index in [1.807, 2.05) is 35.1 Å². The first kappa shape index (κ1) is 22.1. The Morgan fingerprint density at radius 3 is 2.59 bits per heavy atom. The number of carbonyl (C=O) groups excluding carboxylic acids is 1. The summed E-state index contributed by atoms with van der Waals surface area (Å²) in [6.07, 6.45) is 6.23. The van der Waals surface area contributed by atoms with Crippen molar-refractivity contribution in [1.29, 1.82) is 0 Å². The van der Waals surface area contributed by atoms with E-state index in [0.717, 1.165) is 54.9 Å². The molecule has 0 spiro atoms. The van der Waals surface area contributed by atoms with Crippen LogP contribution in [0.25, 0.3) is 16.8 Å². The molecular formula is C28H31N5O. The van der Waals surface area contributed by atoms with E-state index in [-0.39, 0.29) is 11.8 Å². The van der Waals surface area contributed by atoms with Gasteiger partial charge < -0.3 is 10.2 Å². The molecule has 1 aliphatic rings. The maximum Gasteiger partial charge on any atom is 0.223 e. The van der Waals surface area contributed by atoms with E-state index < -0.39 is 0 Å². The van der Waals surface area contributed by atoms with E-state index in [2.05, 4.69) is 65.4 Å². The van der Waals surface area contributed by atoms with Crippen LogP contribution < -0.4 is 10.2 Å². The highest BCUT2D eigenvalue weighted by Crippen LogP contribution is 2.29. The molecule has 1 amide bonds. The highest BCUT2D eigenvalue weighted by Gasteiger charge is 2.26. The largest absolute Gasteiger partial charge is 0.356 e. The third-order valence-corrected chi connectivity index (χ3v) is 6.89. The lowest BCUT2D eigenvalue weighted by atomic mass is 9.95. The number of nitrogens with zero attached hydrogens (tertiary/aromatic N) is 4. The quantitative estimate of drug-likeness (QED) is 0.464. The molecule has 2 aromatic carbocycles. The molecule has 5 rings (SSSR count). The van der Waals surface area contributed by atoms with Gasteiger partial charge in [0.1, 0.15) is 5.52 Å². The van der Waals surface area contributed by atoms with Crippen LogP contribution >= 0.6 is 0 Å². The van der Waals surface area contributed by atoms with Gasteiger partial charge in [0, 0.05) is 43.5 Å². The van der Waals surface area contributed by atoms with E-state index >= 15 is 0 Å². The second kappa shape index (κ2) is 9.67. The fourth-order valence-corrected chi connectivity index (χ4v) is 4.67. The second-order valence-electron chi connectivity index (χ2n) is 9.20. The van der Waals surface area contributed by atoms with Gasteiger partial charge in [0.25, 0.3) is 0 Å². The first-order valence-corrected chi connectivity index (χ1v) is 12.1. The maximum atomic E-state index is 12.7. The number of aromatic nitrogens is 3. The summed E-state index contributed by atoms with van der Waals surface area (Å²) in [6.45, 7) is 6.56. The van der Waals surface area contributed by atoms with Gasteiger partial charge in [-0.3, -0.25) is 4.79 Å². The standard InChI is InChI=1S/C28H31N5O/c1-20-8-9-24(18-21(20)2)25-19-26-27(29-14-17-33(26)31-25)32-15-11-23(12-16-32)28(34)30-13-10-22-6-4-3-5-7-22/h3-9,14,17-19,23H,10-13,15-16H2,1-2H3,(H,30,34). The Hall–Kier alpha value is -3.67. The molecule has 2 aromatic heterocycles. The number of aryl methyl sites for hydroxylation is 2. The lowest BCUT2D eigenvalue weighted by Crippen LogP contribution is -2.41. The molecule has 1 saturated heterocycles. The average molecular weight is 454 g/mol. The van der Waals surface area contributed by atoms with Gasteiger partial charge in [-0.15, -0.1) is 0 Å². The van der Waals surface area contributed by atoms with E-state index in [4.69, 9.17) is 5.10 Å². The van der Waals surface area contributed by atoms with E-state index in [9.17, 15) is 4.79 Å². The number of piperidine rings is 1. The van der Waals surface area contributed by atoms with Gasteiger partial charge >= 0.3 is 0 Å². The van der Waals surface area contributed by atoms with Gasteiger partial charge in [0.05, 0.1) is 5.69 Å². The number of carbonyl (C=O) groups is 1. The Morgan fingerprint density at radius 2 is 1.82 bits per heavy atom. The first-order chi connectivity index (χ1) is 16.6. The van der Waals surface area contributed by atoms with Crippen molar-refractivity contribution in [3.05, 3.63) is 83.7 Å². The van der Waals surface area contributed by atoms with Crippen molar-refractivity contribution in [3.63, 3.8) is 0 Å². The first-order valence-electron chi connectivity index (χ1n) is 12.1. The molecule has 34 heavy (non-hydrogen) atoms. The van der Waals surface area contributed by atoms with Gasteiger partial charge in [0.2, 0.25) is 5.91 Å². The molecule has 1 aliphatic heterocycles. The van der Waals surface area contributed by atoms with Crippen LogP contribution in [-0.2, 0) is 11.2 Å². The maximum absolute atomic E-state index is 12.7. The smallest absolute Gasteiger partial charge is 0.223 e. The Bertz CT molecular complexity index is 1290. The number of fused-ring (bicyclic) bond motifs is 1. The molecule has 0 atom stereocenters. The van der Waals surface area contributed by atoms with Crippen LogP contribution in [0.15, 0.2) is 67.0 Å². The van der Waals surface area contributed by atoms with Crippen molar-refractivity contribution in [2.45, 2.75) is 33.1 Å². The second-order valence-corrected chi connectivity index (χ2v) is 9.20. The summed E-state index contributed by atoms with van der Waals surface area (Å²) in [5.74, 6) is 1.17. The number of amides is 1. The molecule has 3 heterocycles.